The summed E-state index contributed by atoms with van der Waals surface area (Å²) in [5, 5.41) is 3.39. The van der Waals surface area contributed by atoms with Crippen molar-refractivity contribution in [2.45, 2.75) is 116 Å². The van der Waals surface area contributed by atoms with E-state index in [1.165, 1.54) is 110 Å². The normalized spacial score (nSPS) is 14.8. The van der Waals surface area contributed by atoms with Gasteiger partial charge in [0.2, 0.25) is 0 Å². The first-order valence-corrected chi connectivity index (χ1v) is 13.7. The molecule has 1 unspecified atom stereocenters. The maximum absolute atomic E-state index is 12.3. The minimum absolute atomic E-state index is 0.409. The van der Waals surface area contributed by atoms with Crippen molar-refractivity contribution in [2.75, 3.05) is 19.0 Å². The zero-order chi connectivity index (χ0) is 24.6. The molecule has 1 saturated carbocycles. The monoisotopic (exact) mass is 476 g/mol. The van der Waals surface area contributed by atoms with E-state index in [4.69, 9.17) is 4.74 Å². The second-order valence-electron chi connectivity index (χ2n) is 9.99. The number of esters is 2. The van der Waals surface area contributed by atoms with Gasteiger partial charge in [-0.3, -0.25) is 0 Å². The van der Waals surface area contributed by atoms with Gasteiger partial charge in [-0.1, -0.05) is 96.3 Å². The van der Waals surface area contributed by atoms with E-state index in [9.17, 15) is 9.59 Å². The summed E-state index contributed by atoms with van der Waals surface area (Å²) in [7, 11) is 3.09. The number of aromatic nitrogens is 1. The summed E-state index contributed by atoms with van der Waals surface area (Å²) in [6.07, 6.45) is 21.4. The largest absolute Gasteiger partial charge is 0.466 e. The summed E-state index contributed by atoms with van der Waals surface area (Å²) in [6, 6.07) is 3.58. The van der Waals surface area contributed by atoms with Gasteiger partial charge in [0.15, 0.2) is 6.10 Å². The Morgan fingerprint density at radius 2 is 1.50 bits per heavy atom. The van der Waals surface area contributed by atoms with Crippen molar-refractivity contribution < 1.29 is 19.1 Å². The van der Waals surface area contributed by atoms with Gasteiger partial charge < -0.3 is 19.4 Å². The summed E-state index contributed by atoms with van der Waals surface area (Å²) in [6.45, 7) is 2.39. The SMILES string of the molecule is COC(=O)C(C)OC(=O)c1ccc(NCCCCCCCCCCCCCC2CCCC2)n1C. The Morgan fingerprint density at radius 3 is 2.09 bits per heavy atom. The quantitative estimate of drug-likeness (QED) is 0.182. The number of nitrogens with one attached hydrogen (secondary N) is 1. The Balaban J connectivity index is 1.43. The molecular formula is C28H48N2O4. The Bertz CT molecular complexity index is 709. The minimum Gasteiger partial charge on any atom is -0.466 e. The Kier molecular flexibility index (Phi) is 13.8. The maximum Gasteiger partial charge on any atom is 0.355 e. The molecule has 1 fully saturated rings. The van der Waals surface area contributed by atoms with Crippen molar-refractivity contribution in [3.63, 3.8) is 0 Å². The highest BCUT2D eigenvalue weighted by atomic mass is 16.6. The molecule has 34 heavy (non-hydrogen) atoms. The summed E-state index contributed by atoms with van der Waals surface area (Å²) >= 11 is 0. The standard InChI is InChI=1S/C28H48N2O4/c1-23(27(31)33-3)34-28(32)25-20-21-26(30(25)2)29-22-16-12-10-8-6-4-5-7-9-11-13-17-24-18-14-15-19-24/h20-21,23-24,29H,4-19,22H2,1-3H3. The topological polar surface area (TPSA) is 69.6 Å². The van der Waals surface area contributed by atoms with Crippen molar-refractivity contribution >= 4 is 17.8 Å². The van der Waals surface area contributed by atoms with E-state index in [0.29, 0.717) is 5.69 Å². The molecule has 0 saturated heterocycles. The first-order chi connectivity index (χ1) is 16.5. The van der Waals surface area contributed by atoms with Gasteiger partial charge in [0, 0.05) is 13.6 Å². The number of ether oxygens (including phenoxy) is 2. The lowest BCUT2D eigenvalue weighted by Gasteiger charge is -2.12. The number of hydrogen-bond donors (Lipinski definition) is 1. The fourth-order valence-corrected chi connectivity index (χ4v) is 4.99. The highest BCUT2D eigenvalue weighted by Crippen LogP contribution is 2.29. The van der Waals surface area contributed by atoms with Crippen molar-refractivity contribution in [3.8, 4) is 0 Å². The van der Waals surface area contributed by atoms with Crippen LogP contribution in [-0.2, 0) is 21.3 Å². The van der Waals surface area contributed by atoms with E-state index >= 15 is 0 Å². The minimum atomic E-state index is -0.921. The lowest BCUT2D eigenvalue weighted by atomic mass is 9.99. The number of hydrogen-bond acceptors (Lipinski definition) is 5. The summed E-state index contributed by atoms with van der Waals surface area (Å²) in [5.41, 5.74) is 0.409. The lowest BCUT2D eigenvalue weighted by Crippen LogP contribution is -2.26. The van der Waals surface area contributed by atoms with Crippen LogP contribution in [0.25, 0.3) is 0 Å². The zero-order valence-corrected chi connectivity index (χ0v) is 21.9. The van der Waals surface area contributed by atoms with Crippen LogP contribution < -0.4 is 5.32 Å². The van der Waals surface area contributed by atoms with Crippen LogP contribution in [0, 0.1) is 5.92 Å². The highest BCUT2D eigenvalue weighted by Gasteiger charge is 2.21. The van der Waals surface area contributed by atoms with E-state index in [-0.39, 0.29) is 0 Å². The molecule has 1 N–H and O–H groups in total. The number of carbonyl (C=O) groups is 2. The zero-order valence-electron chi connectivity index (χ0n) is 21.9. The fourth-order valence-electron chi connectivity index (χ4n) is 4.99. The predicted molar refractivity (Wildman–Crippen MR) is 138 cm³/mol. The molecule has 6 nitrogen and oxygen atoms in total. The molecule has 1 aliphatic rings. The number of methoxy groups -OCH3 is 1. The molecule has 6 heteroatoms. The van der Waals surface area contributed by atoms with Gasteiger partial charge in [-0.25, -0.2) is 9.59 Å². The third kappa shape index (κ3) is 10.5. The van der Waals surface area contributed by atoms with Gasteiger partial charge in [-0.15, -0.1) is 0 Å². The third-order valence-corrected chi connectivity index (χ3v) is 7.22. The first kappa shape index (κ1) is 28.3. The van der Waals surface area contributed by atoms with Gasteiger partial charge in [-0.2, -0.15) is 0 Å². The molecule has 0 amide bonds. The van der Waals surface area contributed by atoms with Gasteiger partial charge in [0.25, 0.3) is 0 Å². The van der Waals surface area contributed by atoms with E-state index < -0.39 is 18.0 Å². The fraction of sp³-hybridized carbons (Fsp3) is 0.786. The van der Waals surface area contributed by atoms with Gasteiger partial charge in [0.05, 0.1) is 7.11 Å². The third-order valence-electron chi connectivity index (χ3n) is 7.22. The molecule has 1 atom stereocenters. The van der Waals surface area contributed by atoms with E-state index in [0.717, 1.165) is 24.7 Å². The molecule has 1 aliphatic carbocycles. The van der Waals surface area contributed by atoms with Crippen molar-refractivity contribution in [2.24, 2.45) is 13.0 Å². The van der Waals surface area contributed by atoms with Crippen LogP contribution in [-0.4, -0.2) is 36.3 Å². The molecule has 1 aromatic rings. The molecule has 0 radical (unpaired) electrons. The summed E-state index contributed by atoms with van der Waals surface area (Å²) < 4.78 is 11.5. The predicted octanol–water partition coefficient (Wildman–Crippen LogP) is 7.03. The first-order valence-electron chi connectivity index (χ1n) is 13.7. The Morgan fingerprint density at radius 1 is 0.941 bits per heavy atom. The Labute approximate surface area is 207 Å². The van der Waals surface area contributed by atoms with Crippen LogP contribution in [0.1, 0.15) is 120 Å². The Hall–Kier alpha value is -1.98. The molecule has 0 spiro atoms. The summed E-state index contributed by atoms with van der Waals surface area (Å²) in [5.74, 6) is 0.844. The van der Waals surface area contributed by atoms with Crippen LogP contribution in [0.2, 0.25) is 0 Å². The summed E-state index contributed by atoms with van der Waals surface area (Å²) in [4.78, 5) is 23.7. The van der Waals surface area contributed by atoms with E-state index in [1.54, 1.807) is 10.6 Å². The highest BCUT2D eigenvalue weighted by molar-refractivity contribution is 5.90. The average Bonchev–Trinajstić information content (AvgIpc) is 3.48. The molecule has 0 aliphatic heterocycles. The number of nitrogens with zero attached hydrogens (tertiary/aromatic N) is 1. The van der Waals surface area contributed by atoms with Crippen LogP contribution in [0.3, 0.4) is 0 Å². The molecule has 1 aromatic heterocycles. The number of rotatable bonds is 18. The van der Waals surface area contributed by atoms with Crippen LogP contribution in [0.4, 0.5) is 5.82 Å². The smallest absolute Gasteiger partial charge is 0.355 e. The second-order valence-corrected chi connectivity index (χ2v) is 9.99. The maximum atomic E-state index is 12.3. The second kappa shape index (κ2) is 16.6. The van der Waals surface area contributed by atoms with E-state index in [2.05, 4.69) is 10.1 Å². The molecule has 0 aromatic carbocycles. The molecule has 2 rings (SSSR count). The van der Waals surface area contributed by atoms with Crippen molar-refractivity contribution in [1.82, 2.24) is 4.57 Å². The molecule has 1 heterocycles. The lowest BCUT2D eigenvalue weighted by molar-refractivity contribution is -0.149. The van der Waals surface area contributed by atoms with Crippen molar-refractivity contribution in [3.05, 3.63) is 17.8 Å². The van der Waals surface area contributed by atoms with Crippen molar-refractivity contribution in [1.29, 1.82) is 0 Å². The molecule has 0 bridgehead atoms. The number of carbonyl (C=O) groups excluding carboxylic acids is 2. The van der Waals surface area contributed by atoms with Gasteiger partial charge >= 0.3 is 11.9 Å². The van der Waals surface area contributed by atoms with Crippen LogP contribution >= 0.6 is 0 Å². The van der Waals surface area contributed by atoms with E-state index in [1.807, 2.05) is 13.1 Å². The van der Waals surface area contributed by atoms with Gasteiger partial charge in [0.1, 0.15) is 11.5 Å². The van der Waals surface area contributed by atoms with Crippen LogP contribution in [0.5, 0.6) is 0 Å². The number of anilines is 1. The van der Waals surface area contributed by atoms with Crippen LogP contribution in [0.15, 0.2) is 12.1 Å². The molecular weight excluding hydrogens is 428 g/mol. The van der Waals surface area contributed by atoms with Gasteiger partial charge in [-0.05, 0) is 31.4 Å². The molecule has 194 valence electrons. The number of unbranched alkanes of at least 4 members (excludes halogenated alkanes) is 10. The average molecular weight is 477 g/mol.